The first-order valence-corrected chi connectivity index (χ1v) is 7.12. The Hall–Kier alpha value is 0.400. The van der Waals surface area contributed by atoms with E-state index in [9.17, 15) is 0 Å². The van der Waals surface area contributed by atoms with Crippen molar-refractivity contribution in [1.82, 2.24) is 0 Å². The minimum absolute atomic E-state index is 0.667. The van der Waals surface area contributed by atoms with Gasteiger partial charge in [0.1, 0.15) is 0 Å². The highest BCUT2D eigenvalue weighted by Crippen LogP contribution is 2.40. The van der Waals surface area contributed by atoms with Crippen LogP contribution in [0, 0.1) is 0 Å². The van der Waals surface area contributed by atoms with Gasteiger partial charge in [0.2, 0.25) is 0 Å². The third kappa shape index (κ3) is 3.04. The molecule has 0 saturated carbocycles. The summed E-state index contributed by atoms with van der Waals surface area (Å²) in [7, 11) is 0. The van der Waals surface area contributed by atoms with E-state index < -0.39 is 0 Å². The van der Waals surface area contributed by atoms with Crippen molar-refractivity contribution in [2.45, 2.75) is 18.4 Å². The van der Waals surface area contributed by atoms with Gasteiger partial charge in [-0.15, -0.1) is 34.9 Å². The largest absolute Gasteiger partial charge is 0.147 e. The van der Waals surface area contributed by atoms with Crippen molar-refractivity contribution in [3.8, 4) is 0 Å². The Morgan fingerprint density at radius 3 is 2.42 bits per heavy atom. The van der Waals surface area contributed by atoms with Gasteiger partial charge in [0.25, 0.3) is 0 Å². The monoisotopic (exact) mass is 218 g/mol. The molecule has 12 heavy (non-hydrogen) atoms. The predicted molar refractivity (Wildman–Crippen MR) is 63.3 cm³/mol. The molecule has 0 aliphatic heterocycles. The molecule has 1 aromatic heterocycles. The zero-order chi connectivity index (χ0) is 8.81. The smallest absolute Gasteiger partial charge is 0.0843 e. The van der Waals surface area contributed by atoms with E-state index in [4.69, 9.17) is 0 Å². The fraction of sp³-hybridized carbons (Fsp3) is 0.556. The second kappa shape index (κ2) is 5.95. The number of hydrogen-bond acceptors (Lipinski definition) is 3. The first-order chi connectivity index (χ1) is 5.88. The van der Waals surface area contributed by atoms with Gasteiger partial charge in [-0.3, -0.25) is 0 Å². The molecule has 0 amide bonds. The van der Waals surface area contributed by atoms with Crippen LogP contribution in [0.4, 0.5) is 0 Å². The van der Waals surface area contributed by atoms with Gasteiger partial charge in [-0.2, -0.15) is 0 Å². The molecule has 0 bridgehead atoms. The summed E-state index contributed by atoms with van der Waals surface area (Å²) < 4.78 is 0.667. The minimum atomic E-state index is 0.667. The van der Waals surface area contributed by atoms with E-state index in [1.165, 1.54) is 16.4 Å². The highest BCUT2D eigenvalue weighted by atomic mass is 32.2. The van der Waals surface area contributed by atoms with Gasteiger partial charge in [-0.25, -0.2) is 0 Å². The summed E-state index contributed by atoms with van der Waals surface area (Å²) in [5.41, 5.74) is 0. The van der Waals surface area contributed by atoms with Crippen LogP contribution in [-0.4, -0.2) is 11.5 Å². The molecule has 0 atom stereocenters. The van der Waals surface area contributed by atoms with Gasteiger partial charge in [-0.05, 0) is 23.0 Å². The fourth-order valence-electron chi connectivity index (χ4n) is 0.941. The molecule has 0 N–H and O–H groups in total. The SMILES string of the molecule is CCSC(SCC)c1cccs1. The minimum Gasteiger partial charge on any atom is -0.147 e. The maximum atomic E-state index is 2.24. The summed E-state index contributed by atoms with van der Waals surface area (Å²) >= 11 is 5.93. The summed E-state index contributed by atoms with van der Waals surface area (Å²) in [6.45, 7) is 4.45. The van der Waals surface area contributed by atoms with Gasteiger partial charge in [-0.1, -0.05) is 19.9 Å². The molecule has 0 unspecified atom stereocenters. The molecular weight excluding hydrogens is 204 g/mol. The van der Waals surface area contributed by atoms with E-state index in [0.717, 1.165) is 0 Å². The Kier molecular flexibility index (Phi) is 5.19. The van der Waals surface area contributed by atoms with Crippen LogP contribution >= 0.6 is 34.9 Å². The van der Waals surface area contributed by atoms with E-state index in [1.807, 2.05) is 34.9 Å². The van der Waals surface area contributed by atoms with Crippen LogP contribution in [0.3, 0.4) is 0 Å². The van der Waals surface area contributed by atoms with Crippen LogP contribution < -0.4 is 0 Å². The van der Waals surface area contributed by atoms with Gasteiger partial charge in [0, 0.05) is 4.88 Å². The summed E-state index contributed by atoms with van der Waals surface area (Å²) in [5.74, 6) is 2.41. The van der Waals surface area contributed by atoms with E-state index in [1.54, 1.807) is 0 Å². The van der Waals surface area contributed by atoms with Crippen LogP contribution in [0.1, 0.15) is 23.3 Å². The summed E-state index contributed by atoms with van der Waals surface area (Å²) in [6, 6.07) is 4.38. The third-order valence-electron chi connectivity index (χ3n) is 1.41. The Balaban J connectivity index is 2.53. The molecule has 0 aromatic carbocycles. The maximum absolute atomic E-state index is 2.24. The molecular formula is C9H14S3. The predicted octanol–water partition coefficient (Wildman–Crippen LogP) is 4.25. The lowest BCUT2D eigenvalue weighted by Gasteiger charge is -2.11. The molecule has 0 aliphatic carbocycles. The number of thioether (sulfide) groups is 2. The van der Waals surface area contributed by atoms with E-state index in [2.05, 4.69) is 31.4 Å². The quantitative estimate of drug-likeness (QED) is 0.678. The highest BCUT2D eigenvalue weighted by Gasteiger charge is 2.10. The van der Waals surface area contributed by atoms with E-state index >= 15 is 0 Å². The van der Waals surface area contributed by atoms with Crippen molar-refractivity contribution in [3.63, 3.8) is 0 Å². The van der Waals surface area contributed by atoms with Crippen molar-refractivity contribution < 1.29 is 0 Å². The van der Waals surface area contributed by atoms with Crippen molar-refractivity contribution in [2.75, 3.05) is 11.5 Å². The molecule has 0 saturated heterocycles. The van der Waals surface area contributed by atoms with E-state index in [-0.39, 0.29) is 0 Å². The third-order valence-corrected chi connectivity index (χ3v) is 5.24. The molecule has 68 valence electrons. The average Bonchev–Trinajstić information content (AvgIpc) is 2.56. The molecule has 1 aromatic rings. The lowest BCUT2D eigenvalue weighted by Crippen LogP contribution is -1.86. The average molecular weight is 218 g/mol. The summed E-state index contributed by atoms with van der Waals surface area (Å²) in [6.07, 6.45) is 0. The van der Waals surface area contributed by atoms with Crippen molar-refractivity contribution >= 4 is 34.9 Å². The van der Waals surface area contributed by atoms with Crippen LogP contribution in [0.15, 0.2) is 17.5 Å². The molecule has 0 spiro atoms. The van der Waals surface area contributed by atoms with Gasteiger partial charge < -0.3 is 0 Å². The zero-order valence-corrected chi connectivity index (χ0v) is 9.90. The lowest BCUT2D eigenvalue weighted by molar-refractivity contribution is 1.41. The van der Waals surface area contributed by atoms with Crippen molar-refractivity contribution in [1.29, 1.82) is 0 Å². The van der Waals surface area contributed by atoms with Crippen LogP contribution in [0.25, 0.3) is 0 Å². The Morgan fingerprint density at radius 2 is 2.00 bits per heavy atom. The second-order valence-electron chi connectivity index (χ2n) is 2.26. The zero-order valence-electron chi connectivity index (χ0n) is 7.45. The molecule has 0 fully saturated rings. The van der Waals surface area contributed by atoms with Crippen LogP contribution in [-0.2, 0) is 0 Å². The second-order valence-corrected chi connectivity index (χ2v) is 6.30. The lowest BCUT2D eigenvalue weighted by atomic mass is 10.5. The van der Waals surface area contributed by atoms with E-state index in [0.29, 0.717) is 4.58 Å². The number of hydrogen-bond donors (Lipinski definition) is 0. The highest BCUT2D eigenvalue weighted by molar-refractivity contribution is 8.16. The molecule has 0 radical (unpaired) electrons. The molecule has 0 aliphatic rings. The Morgan fingerprint density at radius 1 is 1.33 bits per heavy atom. The Bertz CT molecular complexity index is 188. The number of thiophene rings is 1. The summed E-state index contributed by atoms with van der Waals surface area (Å²) in [4.78, 5) is 1.51. The molecule has 1 heterocycles. The number of rotatable bonds is 5. The maximum Gasteiger partial charge on any atom is 0.0843 e. The van der Waals surface area contributed by atoms with Crippen molar-refractivity contribution in [2.24, 2.45) is 0 Å². The van der Waals surface area contributed by atoms with Gasteiger partial charge >= 0.3 is 0 Å². The van der Waals surface area contributed by atoms with Gasteiger partial charge in [0.05, 0.1) is 4.58 Å². The first-order valence-electron chi connectivity index (χ1n) is 4.15. The normalized spacial score (nSPS) is 10.9. The standard InChI is InChI=1S/C9H14S3/c1-3-10-9(11-4-2)8-6-5-7-12-8/h5-7,9H,3-4H2,1-2H3. The van der Waals surface area contributed by atoms with Crippen molar-refractivity contribution in [3.05, 3.63) is 22.4 Å². The Labute approximate surface area is 87.1 Å². The molecule has 3 heteroatoms. The summed E-state index contributed by atoms with van der Waals surface area (Å²) in [5, 5.41) is 2.16. The fourth-order valence-corrected chi connectivity index (χ4v) is 4.56. The molecule has 0 nitrogen and oxygen atoms in total. The van der Waals surface area contributed by atoms with Crippen LogP contribution in [0.2, 0.25) is 0 Å². The van der Waals surface area contributed by atoms with Gasteiger partial charge in [0.15, 0.2) is 0 Å². The first kappa shape index (κ1) is 10.5. The van der Waals surface area contributed by atoms with Crippen LogP contribution in [0.5, 0.6) is 0 Å². The molecule has 1 rings (SSSR count). The topological polar surface area (TPSA) is 0 Å².